The van der Waals surface area contributed by atoms with Crippen molar-refractivity contribution in [3.8, 4) is 45.1 Å². The molecule has 0 saturated heterocycles. The number of benzene rings is 10. The highest BCUT2D eigenvalue weighted by atomic mass is 32.1. The number of para-hydroxylation sites is 3. The average molecular weight is 848 g/mol. The Bertz CT molecular complexity index is 3860. The van der Waals surface area contributed by atoms with E-state index in [1.807, 2.05) is 11.3 Å². The number of hydrogen-bond acceptors (Lipinski definition) is 4. The summed E-state index contributed by atoms with van der Waals surface area (Å²) >= 11 is 1.85. The second kappa shape index (κ2) is 13.9. The standard InChI is InChI=1S/C61H37NO2S/c1-2-17-42-38(15-1)16-13-21-46(42)57-36-40-35-39(31-34-54(40)63-57)43-18-4-9-25-52(43)62(53-26-14-30-59-60(53)47-20-5-12-29-58(47)65-59)41-32-33-45-44-19-3-6-22-48(44)61(51(45)37-41)49-23-7-10-27-55(49)64-56-28-11-8-24-50(56)61/h1-37H. The maximum Gasteiger partial charge on any atom is 0.136 e. The third kappa shape index (κ3) is 5.23. The van der Waals surface area contributed by atoms with Crippen LogP contribution in [0.25, 0.3) is 75.5 Å². The van der Waals surface area contributed by atoms with Gasteiger partial charge in [-0.2, -0.15) is 0 Å². The van der Waals surface area contributed by atoms with Crippen LogP contribution in [0.3, 0.4) is 0 Å². The summed E-state index contributed by atoms with van der Waals surface area (Å²) in [6.07, 6.45) is 0. The van der Waals surface area contributed by atoms with Gasteiger partial charge in [-0.25, -0.2) is 0 Å². The van der Waals surface area contributed by atoms with Crippen molar-refractivity contribution in [2.75, 3.05) is 4.90 Å². The Balaban J connectivity index is 1.02. The van der Waals surface area contributed by atoms with Crippen LogP contribution in [0.5, 0.6) is 11.5 Å². The van der Waals surface area contributed by atoms with Crippen LogP contribution in [-0.4, -0.2) is 0 Å². The molecule has 1 aliphatic carbocycles. The van der Waals surface area contributed by atoms with Crippen molar-refractivity contribution in [3.63, 3.8) is 0 Å². The Morgan fingerprint density at radius 1 is 0.400 bits per heavy atom. The molecular formula is C61H37NO2S. The molecule has 0 fully saturated rings. The second-order valence-corrected chi connectivity index (χ2v) is 18.2. The Labute approximate surface area is 379 Å². The van der Waals surface area contributed by atoms with Gasteiger partial charge in [-0.1, -0.05) is 158 Å². The summed E-state index contributed by atoms with van der Waals surface area (Å²) in [5.74, 6) is 2.63. The number of furan rings is 1. The molecule has 0 amide bonds. The Morgan fingerprint density at radius 2 is 1.03 bits per heavy atom. The zero-order valence-electron chi connectivity index (χ0n) is 35.0. The fourth-order valence-electron chi connectivity index (χ4n) is 11.0. The van der Waals surface area contributed by atoms with Gasteiger partial charge in [0.05, 0.1) is 16.8 Å². The van der Waals surface area contributed by atoms with Crippen molar-refractivity contribution in [2.24, 2.45) is 0 Å². The molecule has 10 aromatic carbocycles. The summed E-state index contributed by atoms with van der Waals surface area (Å²) < 4.78 is 15.8. The SMILES string of the molecule is c1ccc2c(c1)Oc1ccccc1C21c2ccccc2-c2ccc(N(c3ccccc3-c3ccc4oc(-c5cccc6ccccc56)cc4c3)c3cccc4sc5ccccc5c34)cc21. The minimum atomic E-state index is -0.603. The van der Waals surface area contributed by atoms with E-state index in [1.165, 1.54) is 53.2 Å². The van der Waals surface area contributed by atoms with Gasteiger partial charge in [0, 0.05) is 53.5 Å². The molecule has 1 spiro atoms. The number of fused-ring (bicyclic) bond motifs is 14. The molecule has 304 valence electrons. The van der Waals surface area contributed by atoms with E-state index >= 15 is 0 Å². The van der Waals surface area contributed by atoms with E-state index < -0.39 is 5.41 Å². The minimum absolute atomic E-state index is 0.603. The van der Waals surface area contributed by atoms with Gasteiger partial charge in [-0.05, 0) is 105 Å². The van der Waals surface area contributed by atoms with Gasteiger partial charge in [-0.3, -0.25) is 0 Å². The van der Waals surface area contributed by atoms with Crippen molar-refractivity contribution in [3.05, 3.63) is 247 Å². The summed E-state index contributed by atoms with van der Waals surface area (Å²) in [6, 6.07) is 81.5. The summed E-state index contributed by atoms with van der Waals surface area (Å²) in [5, 5.41) is 5.93. The minimum Gasteiger partial charge on any atom is -0.457 e. The van der Waals surface area contributed by atoms with Crippen molar-refractivity contribution in [1.82, 2.24) is 0 Å². The lowest BCUT2D eigenvalue weighted by molar-refractivity contribution is 0.436. The first-order valence-electron chi connectivity index (χ1n) is 22.2. The van der Waals surface area contributed by atoms with E-state index in [4.69, 9.17) is 9.15 Å². The molecule has 0 unspecified atom stereocenters. The molecule has 3 heterocycles. The predicted octanol–water partition coefficient (Wildman–Crippen LogP) is 17.2. The number of hydrogen-bond donors (Lipinski definition) is 0. The number of nitrogens with zero attached hydrogens (tertiary/aromatic N) is 1. The maximum absolute atomic E-state index is 6.72. The van der Waals surface area contributed by atoms with E-state index in [0.29, 0.717) is 0 Å². The van der Waals surface area contributed by atoms with E-state index in [-0.39, 0.29) is 0 Å². The van der Waals surface area contributed by atoms with Gasteiger partial charge in [0.25, 0.3) is 0 Å². The Kier molecular flexibility index (Phi) is 7.77. The van der Waals surface area contributed by atoms with Crippen LogP contribution in [-0.2, 0) is 5.41 Å². The van der Waals surface area contributed by atoms with Crippen LogP contribution in [0.1, 0.15) is 22.3 Å². The zero-order chi connectivity index (χ0) is 42.6. The average Bonchev–Trinajstić information content (AvgIpc) is 4.05. The second-order valence-electron chi connectivity index (χ2n) is 17.1. The molecule has 65 heavy (non-hydrogen) atoms. The highest BCUT2D eigenvalue weighted by Gasteiger charge is 2.51. The summed E-state index contributed by atoms with van der Waals surface area (Å²) in [7, 11) is 0. The molecule has 4 heteroatoms. The smallest absolute Gasteiger partial charge is 0.136 e. The molecule has 0 saturated carbocycles. The van der Waals surface area contributed by atoms with Crippen molar-refractivity contribution in [2.45, 2.75) is 5.41 Å². The third-order valence-electron chi connectivity index (χ3n) is 13.7. The number of rotatable bonds is 5. The van der Waals surface area contributed by atoms with E-state index in [1.54, 1.807) is 0 Å². The summed E-state index contributed by atoms with van der Waals surface area (Å²) in [6.45, 7) is 0. The fourth-order valence-corrected chi connectivity index (χ4v) is 12.2. The monoisotopic (exact) mass is 847 g/mol. The van der Waals surface area contributed by atoms with Gasteiger partial charge < -0.3 is 14.1 Å². The first-order chi connectivity index (χ1) is 32.2. The third-order valence-corrected chi connectivity index (χ3v) is 14.9. The van der Waals surface area contributed by atoms with Gasteiger partial charge in [-0.15, -0.1) is 11.3 Å². The van der Waals surface area contributed by atoms with Crippen molar-refractivity contribution >= 4 is 70.3 Å². The molecule has 2 aliphatic rings. The molecule has 0 bridgehead atoms. The predicted molar refractivity (Wildman–Crippen MR) is 270 cm³/mol. The molecule has 0 N–H and O–H groups in total. The number of thiophene rings is 1. The van der Waals surface area contributed by atoms with Crippen LogP contribution >= 0.6 is 11.3 Å². The zero-order valence-corrected chi connectivity index (χ0v) is 35.9. The van der Waals surface area contributed by atoms with Gasteiger partial charge in [0.15, 0.2) is 0 Å². The summed E-state index contributed by atoms with van der Waals surface area (Å²) in [4.78, 5) is 2.51. The Hall–Kier alpha value is -8.18. The molecule has 14 rings (SSSR count). The highest BCUT2D eigenvalue weighted by molar-refractivity contribution is 7.26. The molecule has 1 aliphatic heterocycles. The molecule has 0 radical (unpaired) electrons. The molecule has 12 aromatic rings. The van der Waals surface area contributed by atoms with Crippen LogP contribution < -0.4 is 9.64 Å². The van der Waals surface area contributed by atoms with Gasteiger partial charge >= 0.3 is 0 Å². The first-order valence-corrected chi connectivity index (χ1v) is 23.0. The normalized spacial score (nSPS) is 13.2. The highest BCUT2D eigenvalue weighted by Crippen LogP contribution is 2.63. The van der Waals surface area contributed by atoms with E-state index in [0.717, 1.165) is 73.1 Å². The summed E-state index contributed by atoms with van der Waals surface area (Å²) in [5.41, 5.74) is 14.2. The number of ether oxygens (including phenoxy) is 1. The Morgan fingerprint density at radius 3 is 1.89 bits per heavy atom. The largest absolute Gasteiger partial charge is 0.457 e. The van der Waals surface area contributed by atoms with Gasteiger partial charge in [0.1, 0.15) is 22.8 Å². The molecule has 3 nitrogen and oxygen atoms in total. The van der Waals surface area contributed by atoms with Crippen LogP contribution in [0.2, 0.25) is 0 Å². The molecule has 2 aromatic heterocycles. The van der Waals surface area contributed by atoms with E-state index in [9.17, 15) is 0 Å². The lowest BCUT2D eigenvalue weighted by Gasteiger charge is -2.39. The van der Waals surface area contributed by atoms with Crippen molar-refractivity contribution < 1.29 is 9.15 Å². The van der Waals surface area contributed by atoms with Crippen LogP contribution in [0.15, 0.2) is 229 Å². The molecular weight excluding hydrogens is 811 g/mol. The fraction of sp³-hybridized carbons (Fsp3) is 0.0164. The lowest BCUT2D eigenvalue weighted by Crippen LogP contribution is -2.32. The van der Waals surface area contributed by atoms with Gasteiger partial charge in [0.2, 0.25) is 0 Å². The molecule has 0 atom stereocenters. The topological polar surface area (TPSA) is 25.6 Å². The lowest BCUT2D eigenvalue weighted by atomic mass is 9.66. The number of anilines is 3. The van der Waals surface area contributed by atoms with Crippen LogP contribution in [0, 0.1) is 0 Å². The van der Waals surface area contributed by atoms with E-state index in [2.05, 4.69) is 229 Å². The maximum atomic E-state index is 6.72. The first kappa shape index (κ1) is 36.3. The quantitative estimate of drug-likeness (QED) is 0.173. The van der Waals surface area contributed by atoms with Crippen LogP contribution in [0.4, 0.5) is 17.1 Å². The van der Waals surface area contributed by atoms with Crippen molar-refractivity contribution in [1.29, 1.82) is 0 Å².